The number of aryl methyl sites for hydroxylation is 1. The van der Waals surface area contributed by atoms with Crippen molar-refractivity contribution in [2.24, 2.45) is 0 Å². The van der Waals surface area contributed by atoms with Gasteiger partial charge in [-0.25, -0.2) is 4.39 Å². The fourth-order valence-electron chi connectivity index (χ4n) is 2.57. The zero-order valence-corrected chi connectivity index (χ0v) is 12.3. The SMILES string of the molecule is COC(CCn1nc(C(F)(F)F)c2c1[C@@H](F)C(F)(F)[C@H]2O)C(F)(F)F. The van der Waals surface area contributed by atoms with E-state index in [1.165, 1.54) is 0 Å². The van der Waals surface area contributed by atoms with Crippen molar-refractivity contribution in [1.82, 2.24) is 9.78 Å². The van der Waals surface area contributed by atoms with Crippen molar-refractivity contribution in [3.05, 3.63) is 17.0 Å². The van der Waals surface area contributed by atoms with Gasteiger partial charge in [0.15, 0.2) is 11.8 Å². The van der Waals surface area contributed by atoms with Gasteiger partial charge in [-0.3, -0.25) is 4.68 Å². The van der Waals surface area contributed by atoms with Gasteiger partial charge in [0.25, 0.3) is 0 Å². The number of nitrogens with zero attached hydrogens (tertiary/aromatic N) is 2. The minimum atomic E-state index is -5.30. The number of aliphatic hydroxyl groups excluding tert-OH is 1. The normalized spacial score (nSPS) is 24.4. The average Bonchev–Trinajstić information content (AvgIpc) is 2.90. The van der Waals surface area contributed by atoms with Crippen molar-refractivity contribution in [2.45, 2.75) is 49.6 Å². The minimum Gasteiger partial charge on any atom is -0.382 e. The van der Waals surface area contributed by atoms with Gasteiger partial charge in [-0.2, -0.15) is 40.2 Å². The van der Waals surface area contributed by atoms with E-state index in [0.717, 1.165) is 0 Å². The van der Waals surface area contributed by atoms with Gasteiger partial charge in [0.05, 0.1) is 5.69 Å². The molecule has 0 radical (unpaired) electrons. The molecule has 1 aliphatic rings. The number of alkyl halides is 9. The molecular formula is C12H11F9N2O2. The Morgan fingerprint density at radius 2 is 1.80 bits per heavy atom. The summed E-state index contributed by atoms with van der Waals surface area (Å²) >= 11 is 0. The van der Waals surface area contributed by atoms with Crippen molar-refractivity contribution in [3.8, 4) is 0 Å². The monoisotopic (exact) mass is 386 g/mol. The molecule has 0 saturated carbocycles. The third-order valence-electron chi connectivity index (χ3n) is 3.77. The van der Waals surface area contributed by atoms with Gasteiger partial charge in [-0.15, -0.1) is 0 Å². The highest BCUT2D eigenvalue weighted by Crippen LogP contribution is 2.55. The number of fused-ring (bicyclic) bond motifs is 1. The van der Waals surface area contributed by atoms with Crippen molar-refractivity contribution < 1.29 is 49.4 Å². The highest BCUT2D eigenvalue weighted by atomic mass is 19.4. The van der Waals surface area contributed by atoms with Crippen LogP contribution in [0.4, 0.5) is 39.5 Å². The summed E-state index contributed by atoms with van der Waals surface area (Å²) in [4.78, 5) is 0. The fourth-order valence-corrected chi connectivity index (χ4v) is 2.57. The van der Waals surface area contributed by atoms with E-state index in [4.69, 9.17) is 0 Å². The lowest BCUT2D eigenvalue weighted by molar-refractivity contribution is -0.215. The van der Waals surface area contributed by atoms with E-state index in [0.29, 0.717) is 7.11 Å². The van der Waals surface area contributed by atoms with E-state index in [2.05, 4.69) is 9.84 Å². The number of aromatic nitrogens is 2. The standard InChI is InChI=1S/C12H11F9N2O2/c1-25-4(11(16,17)18)2-3-23-6-5(8(22-23)12(19,20)21)9(24)10(14,15)7(6)13/h4,7,9,24H,2-3H2,1H3/t4?,7-,9+/m1/s1. The molecule has 1 unspecified atom stereocenters. The van der Waals surface area contributed by atoms with Crippen LogP contribution in [0.2, 0.25) is 0 Å². The summed E-state index contributed by atoms with van der Waals surface area (Å²) < 4.78 is 122. The molecular weight excluding hydrogens is 375 g/mol. The van der Waals surface area contributed by atoms with E-state index in [1.807, 2.05) is 0 Å². The maximum atomic E-state index is 13.9. The highest BCUT2D eigenvalue weighted by Gasteiger charge is 2.61. The first-order valence-electron chi connectivity index (χ1n) is 6.70. The van der Waals surface area contributed by atoms with Crippen LogP contribution < -0.4 is 0 Å². The summed E-state index contributed by atoms with van der Waals surface area (Å²) in [6.07, 6.45) is -20.0. The first-order chi connectivity index (χ1) is 11.2. The lowest BCUT2D eigenvalue weighted by Crippen LogP contribution is -2.32. The molecule has 0 bridgehead atoms. The Morgan fingerprint density at radius 3 is 2.24 bits per heavy atom. The first-order valence-corrected chi connectivity index (χ1v) is 6.70. The van der Waals surface area contributed by atoms with Gasteiger partial charge in [0.2, 0.25) is 6.17 Å². The Labute approximate surface area is 134 Å². The van der Waals surface area contributed by atoms with Crippen LogP contribution in [0.5, 0.6) is 0 Å². The van der Waals surface area contributed by atoms with Crippen molar-refractivity contribution in [2.75, 3.05) is 7.11 Å². The largest absolute Gasteiger partial charge is 0.435 e. The predicted molar refractivity (Wildman–Crippen MR) is 62.5 cm³/mol. The summed E-state index contributed by atoms with van der Waals surface area (Å²) in [5.41, 5.74) is -4.72. The lowest BCUT2D eigenvalue weighted by atomic mass is 10.1. The molecule has 0 aromatic carbocycles. The van der Waals surface area contributed by atoms with Crippen LogP contribution in [0.1, 0.15) is 35.6 Å². The molecule has 1 aromatic rings. The molecule has 1 heterocycles. The first kappa shape index (κ1) is 19.8. The zero-order chi connectivity index (χ0) is 19.4. The second-order valence-corrected chi connectivity index (χ2v) is 5.36. The number of halogens is 9. The van der Waals surface area contributed by atoms with Crippen LogP contribution in [0.15, 0.2) is 0 Å². The third-order valence-corrected chi connectivity index (χ3v) is 3.77. The van der Waals surface area contributed by atoms with Gasteiger partial charge in [-0.1, -0.05) is 0 Å². The van der Waals surface area contributed by atoms with E-state index >= 15 is 0 Å². The maximum absolute atomic E-state index is 13.9. The molecule has 0 saturated heterocycles. The van der Waals surface area contributed by atoms with E-state index in [-0.39, 0.29) is 4.68 Å². The second-order valence-electron chi connectivity index (χ2n) is 5.36. The predicted octanol–water partition coefficient (Wildman–Crippen LogP) is 3.56. The number of hydrogen-bond donors (Lipinski definition) is 1. The summed E-state index contributed by atoms with van der Waals surface area (Å²) in [6, 6.07) is 0. The van der Waals surface area contributed by atoms with Crippen molar-refractivity contribution in [3.63, 3.8) is 0 Å². The van der Waals surface area contributed by atoms with E-state index in [1.54, 1.807) is 0 Å². The molecule has 13 heteroatoms. The lowest BCUT2D eigenvalue weighted by Gasteiger charge is -2.20. The highest BCUT2D eigenvalue weighted by molar-refractivity contribution is 5.40. The van der Waals surface area contributed by atoms with Crippen LogP contribution >= 0.6 is 0 Å². The molecule has 2 rings (SSSR count). The molecule has 1 N–H and O–H groups in total. The molecule has 0 amide bonds. The van der Waals surface area contributed by atoms with Crippen LogP contribution in [0.3, 0.4) is 0 Å². The van der Waals surface area contributed by atoms with Crippen molar-refractivity contribution >= 4 is 0 Å². The van der Waals surface area contributed by atoms with Gasteiger partial charge in [-0.05, 0) is 0 Å². The fraction of sp³-hybridized carbons (Fsp3) is 0.750. The van der Waals surface area contributed by atoms with E-state index < -0.39 is 66.6 Å². The Kier molecular flexibility index (Phi) is 4.79. The molecule has 0 fully saturated rings. The number of methoxy groups -OCH3 is 1. The summed E-state index contributed by atoms with van der Waals surface area (Å²) in [5, 5.41) is 12.2. The number of aliphatic hydroxyl groups is 1. The van der Waals surface area contributed by atoms with Crippen LogP contribution in [-0.4, -0.2) is 40.2 Å². The zero-order valence-electron chi connectivity index (χ0n) is 12.3. The van der Waals surface area contributed by atoms with Gasteiger partial charge >= 0.3 is 18.3 Å². The Bertz CT molecular complexity index is 638. The summed E-state index contributed by atoms with van der Waals surface area (Å²) in [6.45, 7) is -0.973. The molecule has 3 atom stereocenters. The minimum absolute atomic E-state index is 0.0741. The molecule has 1 aliphatic carbocycles. The molecule has 1 aromatic heterocycles. The Morgan fingerprint density at radius 1 is 1.24 bits per heavy atom. The van der Waals surface area contributed by atoms with Crippen molar-refractivity contribution in [1.29, 1.82) is 0 Å². The van der Waals surface area contributed by atoms with Crippen LogP contribution in [0, 0.1) is 0 Å². The molecule has 25 heavy (non-hydrogen) atoms. The summed E-state index contributed by atoms with van der Waals surface area (Å²) in [7, 11) is 0.697. The van der Waals surface area contributed by atoms with E-state index in [9.17, 15) is 44.6 Å². The molecule has 0 spiro atoms. The van der Waals surface area contributed by atoms with Gasteiger partial charge in [0.1, 0.15) is 6.10 Å². The molecule has 0 aliphatic heterocycles. The number of ether oxygens (including phenoxy) is 1. The summed E-state index contributed by atoms with van der Waals surface area (Å²) in [5.74, 6) is -4.56. The van der Waals surface area contributed by atoms with Gasteiger partial charge in [0, 0.05) is 25.6 Å². The topological polar surface area (TPSA) is 47.3 Å². The molecule has 144 valence electrons. The third kappa shape index (κ3) is 3.30. The average molecular weight is 386 g/mol. The maximum Gasteiger partial charge on any atom is 0.435 e. The number of hydrogen-bond acceptors (Lipinski definition) is 3. The second kappa shape index (κ2) is 6.04. The van der Waals surface area contributed by atoms with Crippen LogP contribution in [0.25, 0.3) is 0 Å². The Balaban J connectivity index is 2.44. The molecule has 4 nitrogen and oxygen atoms in total. The van der Waals surface area contributed by atoms with Crippen LogP contribution in [-0.2, 0) is 17.5 Å². The smallest absolute Gasteiger partial charge is 0.382 e. The van der Waals surface area contributed by atoms with Gasteiger partial charge < -0.3 is 9.84 Å². The Hall–Kier alpha value is -1.50. The number of rotatable bonds is 4. The quantitative estimate of drug-likeness (QED) is 0.806.